The molecule has 1 aliphatic rings. The Morgan fingerprint density at radius 3 is 2.87 bits per heavy atom. The molecule has 0 spiro atoms. The lowest BCUT2D eigenvalue weighted by atomic mass is 9.99. The quantitative estimate of drug-likeness (QED) is 0.760. The number of nitrogens with zero attached hydrogens (tertiary/aromatic N) is 1. The summed E-state index contributed by atoms with van der Waals surface area (Å²) < 4.78 is 30.4. The normalized spacial score (nSPS) is 15.0. The summed E-state index contributed by atoms with van der Waals surface area (Å²) in [4.78, 5) is 11.9. The second kappa shape index (κ2) is 7.76. The molecule has 1 aliphatic heterocycles. The van der Waals surface area contributed by atoms with Crippen molar-refractivity contribution < 1.29 is 17.9 Å². The van der Waals surface area contributed by atoms with Gasteiger partial charge in [-0.1, -0.05) is 12.1 Å². The van der Waals surface area contributed by atoms with Gasteiger partial charge in [-0.05, 0) is 30.5 Å². The highest BCUT2D eigenvalue weighted by Gasteiger charge is 2.26. The highest BCUT2D eigenvalue weighted by atomic mass is 32.2. The maximum Gasteiger partial charge on any atom is 0.319 e. The fourth-order valence-corrected chi connectivity index (χ4v) is 3.62. The molecule has 0 saturated heterocycles. The average Bonchev–Trinajstić information content (AvgIpc) is 2.55. The van der Waals surface area contributed by atoms with E-state index in [-0.39, 0.29) is 11.8 Å². The summed E-state index contributed by atoms with van der Waals surface area (Å²) in [6.45, 7) is 3.32. The largest absolute Gasteiger partial charge is 0.383 e. The third-order valence-corrected chi connectivity index (χ3v) is 5.66. The number of carbonyl (C=O) groups excluding carboxylic acids is 1. The van der Waals surface area contributed by atoms with Gasteiger partial charge in [-0.3, -0.25) is 0 Å². The zero-order valence-corrected chi connectivity index (χ0v) is 14.3. The molecule has 2 N–H and O–H groups in total. The zero-order chi connectivity index (χ0) is 16.9. The van der Waals surface area contributed by atoms with Crippen LogP contribution in [0.2, 0.25) is 0 Å². The van der Waals surface area contributed by atoms with Crippen molar-refractivity contribution in [2.45, 2.75) is 19.9 Å². The number of nitrogens with one attached hydrogen (secondary N) is 2. The molecule has 0 fully saturated rings. The van der Waals surface area contributed by atoms with Crippen molar-refractivity contribution in [3.05, 3.63) is 29.3 Å². The molecule has 128 valence electrons. The van der Waals surface area contributed by atoms with Crippen LogP contribution in [0, 0.1) is 0 Å². The molecule has 7 nitrogen and oxygen atoms in total. The standard InChI is InChI=1S/C15H23N3O4S/c1-3-23(20,21)18-9-7-13-12(11-18)5-4-6-14(13)17-15(19)16-8-10-22-2/h4-6H,3,7-11H2,1-2H3,(H2,16,17,19). The molecule has 0 radical (unpaired) electrons. The van der Waals surface area contributed by atoms with Gasteiger partial charge in [-0.2, -0.15) is 4.31 Å². The highest BCUT2D eigenvalue weighted by Crippen LogP contribution is 2.27. The molecule has 0 bridgehead atoms. The van der Waals surface area contributed by atoms with Crippen LogP contribution in [0.25, 0.3) is 0 Å². The zero-order valence-electron chi connectivity index (χ0n) is 13.5. The maximum atomic E-state index is 12.0. The summed E-state index contributed by atoms with van der Waals surface area (Å²) in [5.41, 5.74) is 2.66. The second-order valence-electron chi connectivity index (χ2n) is 5.30. The minimum absolute atomic E-state index is 0.0994. The molecule has 0 saturated carbocycles. The minimum atomic E-state index is -3.20. The van der Waals surface area contributed by atoms with E-state index in [0.29, 0.717) is 32.7 Å². The van der Waals surface area contributed by atoms with Crippen LogP contribution in [0.15, 0.2) is 18.2 Å². The summed E-state index contributed by atoms with van der Waals surface area (Å²) in [7, 11) is -1.62. The van der Waals surface area contributed by atoms with Crippen molar-refractivity contribution in [3.8, 4) is 0 Å². The third kappa shape index (κ3) is 4.43. The first-order valence-electron chi connectivity index (χ1n) is 7.60. The molecule has 1 aromatic rings. The Balaban J connectivity index is 2.09. The van der Waals surface area contributed by atoms with Crippen molar-refractivity contribution >= 4 is 21.7 Å². The number of benzene rings is 1. The van der Waals surface area contributed by atoms with Crippen molar-refractivity contribution in [1.82, 2.24) is 9.62 Å². The molecular formula is C15H23N3O4S. The first kappa shape index (κ1) is 17.7. The van der Waals surface area contributed by atoms with E-state index >= 15 is 0 Å². The van der Waals surface area contributed by atoms with Crippen molar-refractivity contribution in [2.75, 3.05) is 37.9 Å². The number of ether oxygens (including phenoxy) is 1. The SMILES string of the molecule is CCS(=O)(=O)N1CCc2c(cccc2NC(=O)NCCOC)C1. The molecule has 8 heteroatoms. The highest BCUT2D eigenvalue weighted by molar-refractivity contribution is 7.89. The predicted octanol–water partition coefficient (Wildman–Crippen LogP) is 1.16. The Labute approximate surface area is 137 Å². The topological polar surface area (TPSA) is 87.7 Å². The van der Waals surface area contributed by atoms with Gasteiger partial charge in [0, 0.05) is 32.4 Å². The van der Waals surface area contributed by atoms with Crippen LogP contribution in [-0.2, 0) is 27.7 Å². The Hall–Kier alpha value is -1.64. The lowest BCUT2D eigenvalue weighted by molar-refractivity contribution is 0.198. The molecule has 23 heavy (non-hydrogen) atoms. The number of hydrogen-bond acceptors (Lipinski definition) is 4. The molecule has 2 rings (SSSR count). The van der Waals surface area contributed by atoms with Gasteiger partial charge in [0.25, 0.3) is 0 Å². The maximum absolute atomic E-state index is 12.0. The van der Waals surface area contributed by atoms with E-state index in [4.69, 9.17) is 4.74 Å². The average molecular weight is 341 g/mol. The van der Waals surface area contributed by atoms with Gasteiger partial charge in [0.2, 0.25) is 10.0 Å². The number of anilines is 1. The number of fused-ring (bicyclic) bond motifs is 1. The fourth-order valence-electron chi connectivity index (χ4n) is 2.55. The monoisotopic (exact) mass is 341 g/mol. The van der Waals surface area contributed by atoms with Crippen LogP contribution in [-0.4, -0.2) is 51.3 Å². The van der Waals surface area contributed by atoms with Crippen molar-refractivity contribution in [3.63, 3.8) is 0 Å². The summed E-state index contributed by atoms with van der Waals surface area (Å²) in [6.07, 6.45) is 0.586. The van der Waals surface area contributed by atoms with Crippen molar-refractivity contribution in [1.29, 1.82) is 0 Å². The van der Waals surface area contributed by atoms with Crippen LogP contribution < -0.4 is 10.6 Å². The lowest BCUT2D eigenvalue weighted by Gasteiger charge is -2.29. The number of carbonyl (C=O) groups is 1. The molecule has 0 atom stereocenters. The van der Waals surface area contributed by atoms with Crippen LogP contribution >= 0.6 is 0 Å². The van der Waals surface area contributed by atoms with Crippen LogP contribution in [0.4, 0.5) is 10.5 Å². The van der Waals surface area contributed by atoms with E-state index in [9.17, 15) is 13.2 Å². The van der Waals surface area contributed by atoms with E-state index in [2.05, 4.69) is 10.6 Å². The molecular weight excluding hydrogens is 318 g/mol. The first-order valence-corrected chi connectivity index (χ1v) is 9.21. The van der Waals surface area contributed by atoms with E-state index < -0.39 is 10.0 Å². The molecule has 0 unspecified atom stereocenters. The molecule has 1 heterocycles. The Morgan fingerprint density at radius 1 is 1.39 bits per heavy atom. The van der Waals surface area contributed by atoms with Crippen LogP contribution in [0.1, 0.15) is 18.1 Å². The number of hydrogen-bond donors (Lipinski definition) is 2. The van der Waals surface area contributed by atoms with Gasteiger partial charge in [0.1, 0.15) is 0 Å². The van der Waals surface area contributed by atoms with Crippen LogP contribution in [0.5, 0.6) is 0 Å². The van der Waals surface area contributed by atoms with E-state index in [1.54, 1.807) is 14.0 Å². The van der Waals surface area contributed by atoms with E-state index in [1.165, 1.54) is 4.31 Å². The number of urea groups is 1. The van der Waals surface area contributed by atoms with Gasteiger partial charge in [-0.25, -0.2) is 13.2 Å². The summed E-state index contributed by atoms with van der Waals surface area (Å²) in [6, 6.07) is 5.27. The fraction of sp³-hybridized carbons (Fsp3) is 0.533. The predicted molar refractivity (Wildman–Crippen MR) is 88.9 cm³/mol. The van der Waals surface area contributed by atoms with Gasteiger partial charge in [0.15, 0.2) is 0 Å². The number of amides is 2. The molecule has 2 amide bonds. The first-order chi connectivity index (χ1) is 11.0. The number of sulfonamides is 1. The van der Waals surface area contributed by atoms with Gasteiger partial charge in [0.05, 0.1) is 12.4 Å². The van der Waals surface area contributed by atoms with Gasteiger partial charge in [-0.15, -0.1) is 0 Å². The molecule has 0 aromatic heterocycles. The van der Waals surface area contributed by atoms with E-state index in [0.717, 1.165) is 16.8 Å². The lowest BCUT2D eigenvalue weighted by Crippen LogP contribution is -2.37. The van der Waals surface area contributed by atoms with Crippen molar-refractivity contribution in [2.24, 2.45) is 0 Å². The molecule has 0 aliphatic carbocycles. The third-order valence-electron chi connectivity index (χ3n) is 3.83. The second-order valence-corrected chi connectivity index (χ2v) is 7.56. The minimum Gasteiger partial charge on any atom is -0.383 e. The van der Waals surface area contributed by atoms with Gasteiger partial charge < -0.3 is 15.4 Å². The summed E-state index contributed by atoms with van der Waals surface area (Å²) >= 11 is 0. The number of rotatable bonds is 6. The Morgan fingerprint density at radius 2 is 2.17 bits per heavy atom. The number of methoxy groups -OCH3 is 1. The summed E-state index contributed by atoms with van der Waals surface area (Å²) in [5, 5.41) is 5.52. The smallest absolute Gasteiger partial charge is 0.319 e. The Kier molecular flexibility index (Phi) is 5.97. The van der Waals surface area contributed by atoms with Gasteiger partial charge >= 0.3 is 6.03 Å². The summed E-state index contributed by atoms with van der Waals surface area (Å²) in [5.74, 6) is 0.0994. The van der Waals surface area contributed by atoms with E-state index in [1.807, 2.05) is 18.2 Å². The Bertz CT molecular complexity index is 661. The molecule has 1 aromatic carbocycles. The van der Waals surface area contributed by atoms with Crippen LogP contribution in [0.3, 0.4) is 0 Å².